The molecule has 0 fully saturated rings. The van der Waals surface area contributed by atoms with Gasteiger partial charge in [-0.25, -0.2) is 0 Å². The average Bonchev–Trinajstić information content (AvgIpc) is 3.05. The predicted octanol–water partition coefficient (Wildman–Crippen LogP) is 1.44. The summed E-state index contributed by atoms with van der Waals surface area (Å²) in [4.78, 5) is 23.8. The number of fused-ring (bicyclic) bond motifs is 1. The molecule has 144 valence electrons. The van der Waals surface area contributed by atoms with Gasteiger partial charge in [-0.15, -0.1) is 0 Å². The van der Waals surface area contributed by atoms with Crippen LogP contribution in [0, 0.1) is 0 Å². The number of methoxy groups -OCH3 is 1. The fourth-order valence-corrected chi connectivity index (χ4v) is 2.48. The zero-order chi connectivity index (χ0) is 19.8. The summed E-state index contributed by atoms with van der Waals surface area (Å²) in [5.41, 5.74) is 1.36. The van der Waals surface area contributed by atoms with Gasteiger partial charge in [-0.1, -0.05) is 6.08 Å². The number of hydrogen-bond donors (Lipinski definition) is 2. The predicted molar refractivity (Wildman–Crippen MR) is 101 cm³/mol. The van der Waals surface area contributed by atoms with Gasteiger partial charge in [-0.2, -0.15) is 5.10 Å². The van der Waals surface area contributed by atoms with Crippen LogP contribution in [0.25, 0.3) is 10.9 Å². The van der Waals surface area contributed by atoms with Gasteiger partial charge in [0.1, 0.15) is 24.3 Å². The normalized spacial score (nSPS) is 12.1. The first-order chi connectivity index (χ1) is 13.0. The molecule has 8 nitrogen and oxygen atoms in total. The maximum Gasteiger partial charge on any atom is 0.209 e. The largest absolute Gasteiger partial charge is 0.497 e. The third kappa shape index (κ3) is 4.73. The van der Waals surface area contributed by atoms with Crippen molar-refractivity contribution in [2.75, 3.05) is 27.4 Å². The molecule has 2 aromatic rings. The standard InChI is InChI=1S/C19H23N3O5/c1-13(4-7-17(20-2)27-11-10-24)19(25)18-15-6-5-14(26-3)12-16(15)22(21-18)8-9-23/h4-7,9,12,20,24H,8,10-11H2,1-3H3/b13-4+,17-7+. The van der Waals surface area contributed by atoms with Gasteiger partial charge in [0.25, 0.3) is 0 Å². The van der Waals surface area contributed by atoms with Crippen molar-refractivity contribution in [3.63, 3.8) is 0 Å². The van der Waals surface area contributed by atoms with Crippen LogP contribution >= 0.6 is 0 Å². The van der Waals surface area contributed by atoms with Crippen LogP contribution in [0.2, 0.25) is 0 Å². The van der Waals surface area contributed by atoms with Gasteiger partial charge in [0.05, 0.1) is 25.8 Å². The van der Waals surface area contributed by atoms with E-state index in [1.165, 1.54) is 4.68 Å². The SMILES string of the molecule is CN/C(=C\C=C(/C)C(=O)c1nn(CC=O)c2cc(OC)ccc12)OCCO. The molecule has 0 unspecified atom stereocenters. The lowest BCUT2D eigenvalue weighted by Crippen LogP contribution is -2.12. The van der Waals surface area contributed by atoms with Crippen molar-refractivity contribution in [2.45, 2.75) is 13.5 Å². The molecule has 2 rings (SSSR count). The van der Waals surface area contributed by atoms with E-state index in [2.05, 4.69) is 10.4 Å². The number of ether oxygens (including phenoxy) is 2. The van der Waals surface area contributed by atoms with Gasteiger partial charge < -0.3 is 24.7 Å². The molecule has 0 amide bonds. The summed E-state index contributed by atoms with van der Waals surface area (Å²) in [6.45, 7) is 1.76. The maximum absolute atomic E-state index is 12.9. The summed E-state index contributed by atoms with van der Waals surface area (Å²) in [6.07, 6.45) is 3.94. The second kappa shape index (κ2) is 9.54. The number of Topliss-reactive ketones (excluding diaryl/α,β-unsaturated/α-hetero) is 1. The van der Waals surface area contributed by atoms with Crippen LogP contribution in [0.3, 0.4) is 0 Å². The Morgan fingerprint density at radius 2 is 2.15 bits per heavy atom. The molecule has 0 aliphatic heterocycles. The summed E-state index contributed by atoms with van der Waals surface area (Å²) >= 11 is 0. The molecule has 0 aliphatic rings. The number of benzene rings is 1. The molecular weight excluding hydrogens is 350 g/mol. The number of aliphatic hydroxyl groups excluding tert-OH is 1. The highest BCUT2D eigenvalue weighted by Crippen LogP contribution is 2.25. The first-order valence-corrected chi connectivity index (χ1v) is 8.38. The van der Waals surface area contributed by atoms with E-state index in [-0.39, 0.29) is 31.2 Å². The number of aldehydes is 1. The number of allylic oxidation sites excluding steroid dienone is 3. The molecule has 1 aromatic heterocycles. The Balaban J connectivity index is 2.40. The summed E-state index contributed by atoms with van der Waals surface area (Å²) in [5.74, 6) is 0.782. The highest BCUT2D eigenvalue weighted by molar-refractivity contribution is 6.14. The Labute approximate surface area is 157 Å². The van der Waals surface area contributed by atoms with Crippen molar-refractivity contribution in [1.82, 2.24) is 15.1 Å². The number of rotatable bonds is 10. The van der Waals surface area contributed by atoms with Crippen molar-refractivity contribution < 1.29 is 24.2 Å². The summed E-state index contributed by atoms with van der Waals surface area (Å²) in [7, 11) is 3.22. The van der Waals surface area contributed by atoms with Gasteiger partial charge in [0.2, 0.25) is 5.78 Å². The molecule has 0 aliphatic carbocycles. The van der Waals surface area contributed by atoms with E-state index in [1.54, 1.807) is 51.4 Å². The van der Waals surface area contributed by atoms with Gasteiger partial charge in [0.15, 0.2) is 5.88 Å². The molecular formula is C19H23N3O5. The van der Waals surface area contributed by atoms with Gasteiger partial charge in [-0.05, 0) is 30.7 Å². The fourth-order valence-electron chi connectivity index (χ4n) is 2.48. The lowest BCUT2D eigenvalue weighted by molar-refractivity contribution is -0.108. The van der Waals surface area contributed by atoms with Crippen LogP contribution in [0.4, 0.5) is 0 Å². The maximum atomic E-state index is 12.9. The van der Waals surface area contributed by atoms with Crippen molar-refractivity contribution >= 4 is 23.0 Å². The highest BCUT2D eigenvalue weighted by atomic mass is 16.5. The van der Waals surface area contributed by atoms with Crippen molar-refractivity contribution in [3.8, 4) is 5.75 Å². The van der Waals surface area contributed by atoms with Crippen LogP contribution in [0.1, 0.15) is 17.4 Å². The minimum absolute atomic E-state index is 0.0402. The lowest BCUT2D eigenvalue weighted by atomic mass is 10.1. The van der Waals surface area contributed by atoms with Crippen LogP contribution in [-0.2, 0) is 16.1 Å². The van der Waals surface area contributed by atoms with E-state index in [4.69, 9.17) is 14.6 Å². The number of carbonyl (C=O) groups excluding carboxylic acids is 2. The molecule has 1 heterocycles. The third-order valence-corrected chi connectivity index (χ3v) is 3.86. The Morgan fingerprint density at radius 1 is 1.37 bits per heavy atom. The minimum Gasteiger partial charge on any atom is -0.497 e. The fraction of sp³-hybridized carbons (Fsp3) is 0.316. The van der Waals surface area contributed by atoms with E-state index >= 15 is 0 Å². The molecule has 0 atom stereocenters. The van der Waals surface area contributed by atoms with Crippen molar-refractivity contribution in [1.29, 1.82) is 0 Å². The van der Waals surface area contributed by atoms with E-state index in [1.807, 2.05) is 0 Å². The first-order valence-electron chi connectivity index (χ1n) is 8.38. The van der Waals surface area contributed by atoms with Gasteiger partial charge in [0, 0.05) is 18.5 Å². The quantitative estimate of drug-likeness (QED) is 0.214. The Bertz CT molecular complexity index is 883. The Morgan fingerprint density at radius 3 is 2.78 bits per heavy atom. The molecule has 27 heavy (non-hydrogen) atoms. The number of nitrogens with one attached hydrogen (secondary N) is 1. The molecule has 2 N–H and O–H groups in total. The number of aromatic nitrogens is 2. The third-order valence-electron chi connectivity index (χ3n) is 3.86. The van der Waals surface area contributed by atoms with E-state index in [9.17, 15) is 9.59 Å². The van der Waals surface area contributed by atoms with E-state index in [0.717, 1.165) is 6.29 Å². The second-order valence-corrected chi connectivity index (χ2v) is 5.61. The second-order valence-electron chi connectivity index (χ2n) is 5.61. The zero-order valence-corrected chi connectivity index (χ0v) is 15.6. The summed E-state index contributed by atoms with van der Waals surface area (Å²) < 4.78 is 12.0. The molecule has 0 radical (unpaired) electrons. The Hall–Kier alpha value is -3.13. The first kappa shape index (κ1) is 20.2. The molecule has 8 heteroatoms. The molecule has 0 saturated carbocycles. The number of hydrogen-bond acceptors (Lipinski definition) is 7. The Kier molecular flexibility index (Phi) is 7.13. The smallest absolute Gasteiger partial charge is 0.209 e. The minimum atomic E-state index is -0.260. The zero-order valence-electron chi connectivity index (χ0n) is 15.6. The van der Waals surface area contributed by atoms with Gasteiger partial charge in [-0.3, -0.25) is 9.48 Å². The van der Waals surface area contributed by atoms with Crippen LogP contribution in [-0.4, -0.2) is 54.3 Å². The number of nitrogens with zero attached hydrogens (tertiary/aromatic N) is 2. The number of carbonyl (C=O) groups is 2. The van der Waals surface area contributed by atoms with Crippen molar-refractivity contribution in [2.24, 2.45) is 0 Å². The molecule has 0 spiro atoms. The molecule has 1 aromatic carbocycles. The van der Waals surface area contributed by atoms with Crippen LogP contribution in [0.5, 0.6) is 5.75 Å². The van der Waals surface area contributed by atoms with Gasteiger partial charge >= 0.3 is 0 Å². The van der Waals surface area contributed by atoms with Crippen LogP contribution < -0.4 is 10.1 Å². The van der Waals surface area contributed by atoms with Crippen LogP contribution in [0.15, 0.2) is 41.8 Å². The lowest BCUT2D eigenvalue weighted by Gasteiger charge is -2.07. The number of aliphatic hydroxyl groups is 1. The topological polar surface area (TPSA) is 103 Å². The monoisotopic (exact) mass is 373 g/mol. The van der Waals surface area contributed by atoms with Crippen molar-refractivity contribution in [3.05, 3.63) is 47.5 Å². The molecule has 0 bridgehead atoms. The number of ketones is 1. The highest BCUT2D eigenvalue weighted by Gasteiger charge is 2.18. The van der Waals surface area contributed by atoms with E-state index in [0.29, 0.717) is 28.1 Å². The van der Waals surface area contributed by atoms with E-state index < -0.39 is 0 Å². The average molecular weight is 373 g/mol. The summed E-state index contributed by atoms with van der Waals surface area (Å²) in [5, 5.41) is 16.6. The summed E-state index contributed by atoms with van der Waals surface area (Å²) in [6, 6.07) is 5.23. The molecule has 0 saturated heterocycles.